The zero-order valence-corrected chi connectivity index (χ0v) is 44.1. The number of nitrogen functional groups attached to an aromatic ring is 1. The normalized spacial score (nSPS) is 13.3. The van der Waals surface area contributed by atoms with E-state index < -0.39 is 164 Å². The van der Waals surface area contributed by atoms with Gasteiger partial charge in [0.05, 0.1) is 43.5 Å². The molecule has 0 radical (unpaired) electrons. The summed E-state index contributed by atoms with van der Waals surface area (Å²) in [4.78, 5) is 5.62. The fourth-order valence-corrected chi connectivity index (χ4v) is 11.2. The van der Waals surface area contributed by atoms with Crippen molar-refractivity contribution in [3.63, 3.8) is 0 Å². The molecule has 0 aliphatic rings. The molecule has 0 amide bonds. The monoisotopic (exact) mass is 1230 g/mol. The minimum Gasteiger partial charge on any atom is -0.505 e. The van der Waals surface area contributed by atoms with Crippen LogP contribution in [0.5, 0.6) is 17.2 Å². The Labute approximate surface area is 452 Å². The van der Waals surface area contributed by atoms with E-state index in [1.54, 1.807) is 0 Å². The van der Waals surface area contributed by atoms with Gasteiger partial charge in [-0.25, -0.2) is 4.79 Å². The van der Waals surface area contributed by atoms with Crippen molar-refractivity contribution in [1.29, 1.82) is 0 Å². The van der Waals surface area contributed by atoms with Gasteiger partial charge in [-0.15, -0.1) is 25.6 Å². The molecule has 0 atom stereocenters. The summed E-state index contributed by atoms with van der Waals surface area (Å²) in [5.41, 5.74) is -0.608. The van der Waals surface area contributed by atoms with Crippen molar-refractivity contribution in [2.24, 2.45) is 40.9 Å². The van der Waals surface area contributed by atoms with Crippen LogP contribution in [-0.2, 0) is 60.7 Å². The van der Waals surface area contributed by atoms with Crippen LogP contribution in [0, 0.1) is 0 Å². The highest BCUT2D eigenvalue weighted by atomic mass is 32.2. The summed E-state index contributed by atoms with van der Waals surface area (Å²) in [7, 11) is -31.3. The Hall–Kier alpha value is -8.93. The van der Waals surface area contributed by atoms with Gasteiger partial charge in [0.1, 0.15) is 48.0 Å². The number of azo groups is 4. The summed E-state index contributed by atoms with van der Waals surface area (Å²) in [5.74, 6) is -5.06. The van der Waals surface area contributed by atoms with Crippen molar-refractivity contribution in [1.82, 2.24) is 0 Å². The Bertz CT molecular complexity index is 4960. The summed E-state index contributed by atoms with van der Waals surface area (Å²) < 4.78 is 207. The van der Waals surface area contributed by atoms with Crippen LogP contribution in [0.15, 0.2) is 173 Å². The number of carbonyl (C=O) groups is 1. The van der Waals surface area contributed by atoms with Gasteiger partial charge in [0.2, 0.25) is 0 Å². The first-order valence-electron chi connectivity index (χ1n) is 21.1. The van der Waals surface area contributed by atoms with Gasteiger partial charge in [-0.05, 0) is 102 Å². The Balaban J connectivity index is 1.23. The van der Waals surface area contributed by atoms with Crippen LogP contribution in [-0.4, -0.2) is 104 Å². The Kier molecular flexibility index (Phi) is 14.8. The van der Waals surface area contributed by atoms with E-state index in [1.807, 2.05) is 0 Å². The molecular weight excluding hydrogens is 1200 g/mol. The van der Waals surface area contributed by atoms with E-state index in [0.717, 1.165) is 66.7 Å². The number of carboxylic acid groups (broad SMARTS) is 1. The fraction of sp³-hybridized carbons (Fsp3) is 0. The lowest BCUT2D eigenvalue weighted by molar-refractivity contribution is 0.0697. The molecule has 0 heterocycles. The molecule has 0 saturated carbocycles. The molecule has 81 heavy (non-hydrogen) atoms. The summed E-state index contributed by atoms with van der Waals surface area (Å²) in [6.07, 6.45) is 0. The summed E-state index contributed by atoms with van der Waals surface area (Å²) in [5, 5.41) is 70.8. The van der Waals surface area contributed by atoms with Crippen LogP contribution in [0.4, 0.5) is 51.2 Å². The second-order valence-corrected chi connectivity index (χ2v) is 24.8. The lowest BCUT2D eigenvalue weighted by Crippen LogP contribution is -2.04. The van der Waals surface area contributed by atoms with E-state index in [0.29, 0.717) is 30.3 Å². The first kappa shape index (κ1) is 58.2. The zero-order chi connectivity index (χ0) is 59.7. The first-order chi connectivity index (χ1) is 37.4. The number of phenols is 3. The quantitative estimate of drug-likeness (QED) is 0.0259. The van der Waals surface area contributed by atoms with Gasteiger partial charge >= 0.3 is 5.97 Å². The molecule has 12 N–H and O–H groups in total. The molecule has 0 aromatic heterocycles. The second-order valence-electron chi connectivity index (χ2n) is 16.4. The topological polar surface area (TPSA) is 549 Å². The number of benzene rings is 8. The summed E-state index contributed by atoms with van der Waals surface area (Å²) in [6, 6.07) is 15.0. The van der Waals surface area contributed by atoms with Crippen molar-refractivity contribution in [3.05, 3.63) is 109 Å². The number of phenolic OH excluding ortho intramolecular Hbond substituents is 3. The van der Waals surface area contributed by atoms with Crippen LogP contribution in [0.3, 0.4) is 0 Å². The van der Waals surface area contributed by atoms with Gasteiger partial charge in [-0.1, -0.05) is 12.1 Å². The zero-order valence-electron chi connectivity index (χ0n) is 39.2. The minimum atomic E-state index is -5.55. The smallest absolute Gasteiger partial charge is 0.337 e. The van der Waals surface area contributed by atoms with E-state index in [4.69, 9.17) is 5.73 Å². The highest BCUT2D eigenvalue weighted by Crippen LogP contribution is 2.50. The Morgan fingerprint density at radius 1 is 0.383 bits per heavy atom. The van der Waals surface area contributed by atoms with Crippen LogP contribution in [0.1, 0.15) is 10.4 Å². The lowest BCUT2D eigenvalue weighted by Gasteiger charge is -2.14. The average molecular weight is 1230 g/mol. The first-order valence-corrected chi connectivity index (χ1v) is 29.8. The highest BCUT2D eigenvalue weighted by Gasteiger charge is 2.30. The minimum absolute atomic E-state index is 0.165. The summed E-state index contributed by atoms with van der Waals surface area (Å²) >= 11 is 0. The predicted octanol–water partition coefficient (Wildman–Crippen LogP) is 8.69. The third-order valence-corrected chi connectivity index (χ3v) is 16.4. The van der Waals surface area contributed by atoms with Crippen LogP contribution < -0.4 is 5.73 Å². The lowest BCUT2D eigenvalue weighted by atomic mass is 10.0. The van der Waals surface area contributed by atoms with Gasteiger partial charge in [0.15, 0.2) is 17.2 Å². The molecule has 0 fully saturated rings. The molecule has 0 bridgehead atoms. The highest BCUT2D eigenvalue weighted by molar-refractivity contribution is 7.87. The van der Waals surface area contributed by atoms with Crippen LogP contribution in [0.25, 0.3) is 32.3 Å². The van der Waals surface area contributed by atoms with E-state index >= 15 is 0 Å². The number of nitrogens with two attached hydrogens (primary N) is 1. The molecule has 0 spiro atoms. The molecule has 0 aliphatic heterocycles. The number of hydrogen-bond donors (Lipinski definition) is 11. The molecule has 0 aliphatic carbocycles. The van der Waals surface area contributed by atoms with Crippen molar-refractivity contribution >= 4 is 150 Å². The SMILES string of the molecule is Nc1c(N=Nc2ccc3cc(S(=O)(=O)O)c(N=Nc4cc(S(=O)(=O)O)ccc4C(=O)O)c(O)c3c2)cc(S(=O)(=O)O)c2cc(S(=O)(=O)O)c(N=Nc3ccc4c(O)c(N=Nc5cccc(S(=O)(=O)O)c5)c(S(=O)(=O)O)cc4c3)c(O)c12. The third kappa shape index (κ3) is 12.0. The number of fused-ring (bicyclic) bond motifs is 3. The standard InChI is InChI=1S/C43H29N9O23S6/c44-36-30(49-45-22-5-4-18-11-32(79(67,68)69)38(41(54)27(18)14-22)52-48-29-15-24(77(61,62)63)7-9-26(29)43(56)57)17-31(78(64,65)66)28-16-34(81(73,74)75)39(42(55)35(28)36)51-47-21-6-8-25-19(10-21)12-33(80(70,71)72)37(40(25)53)50-46-20-2-1-3-23(13-20)76(58,59)60/h1-17,53-55H,44H2,(H,56,57)(H,58,59,60)(H,61,62,63)(H,64,65,66)(H,67,68,69)(H,70,71,72)(H,73,74,75). The van der Waals surface area contributed by atoms with Crippen LogP contribution in [0.2, 0.25) is 0 Å². The van der Waals surface area contributed by atoms with Gasteiger partial charge in [0.25, 0.3) is 60.7 Å². The fourth-order valence-electron chi connectivity index (χ4n) is 7.55. The van der Waals surface area contributed by atoms with Crippen molar-refractivity contribution in [3.8, 4) is 17.2 Å². The van der Waals surface area contributed by atoms with Crippen molar-refractivity contribution in [2.45, 2.75) is 29.4 Å². The van der Waals surface area contributed by atoms with Crippen molar-refractivity contribution < 1.29 is 103 Å². The Morgan fingerprint density at radius 2 is 0.852 bits per heavy atom. The second kappa shape index (κ2) is 20.6. The largest absolute Gasteiger partial charge is 0.505 e. The number of rotatable bonds is 15. The average Bonchev–Trinajstić information content (AvgIpc) is 3.41. The molecule has 420 valence electrons. The van der Waals surface area contributed by atoms with E-state index in [1.165, 1.54) is 6.07 Å². The molecule has 8 rings (SSSR count). The summed E-state index contributed by atoms with van der Waals surface area (Å²) in [6.45, 7) is 0. The number of aromatic carboxylic acids is 1. The molecule has 8 aromatic carbocycles. The molecule has 32 nitrogen and oxygen atoms in total. The number of nitrogens with zero attached hydrogens (tertiary/aromatic N) is 8. The maximum atomic E-state index is 12.8. The maximum absolute atomic E-state index is 12.8. The maximum Gasteiger partial charge on any atom is 0.337 e. The number of aromatic hydroxyl groups is 3. The molecule has 38 heteroatoms. The predicted molar refractivity (Wildman–Crippen MR) is 277 cm³/mol. The van der Waals surface area contributed by atoms with Gasteiger partial charge in [-0.3, -0.25) is 27.3 Å². The molecule has 8 aromatic rings. The van der Waals surface area contributed by atoms with Crippen LogP contribution >= 0.6 is 0 Å². The van der Waals surface area contributed by atoms with E-state index in [2.05, 4.69) is 40.9 Å². The van der Waals surface area contributed by atoms with Gasteiger partial charge in [0, 0.05) is 16.2 Å². The van der Waals surface area contributed by atoms with Crippen molar-refractivity contribution in [2.75, 3.05) is 5.73 Å². The molecular formula is C43H29N9O23S6. The van der Waals surface area contributed by atoms with E-state index in [9.17, 15) is 103 Å². The van der Waals surface area contributed by atoms with Gasteiger partial charge in [-0.2, -0.15) is 65.8 Å². The molecule has 0 unspecified atom stereocenters. The third-order valence-electron chi connectivity index (χ3n) is 11.2. The van der Waals surface area contributed by atoms with E-state index in [-0.39, 0.29) is 38.6 Å². The number of anilines is 1. The Morgan fingerprint density at radius 3 is 1.42 bits per heavy atom. The number of hydrogen-bond acceptors (Lipinski definition) is 25. The van der Waals surface area contributed by atoms with Gasteiger partial charge < -0.3 is 26.2 Å². The molecule has 0 saturated heterocycles. The number of carboxylic acids is 1.